The van der Waals surface area contributed by atoms with Crippen LogP contribution in [0.2, 0.25) is 0 Å². The molecular formula is C34H42F3N3OP2. The average Bonchev–Trinajstić information content (AvgIpc) is 3.34. The first kappa shape index (κ1) is 31.8. The lowest BCUT2D eigenvalue weighted by Gasteiger charge is -2.41. The van der Waals surface area contributed by atoms with Crippen LogP contribution in [0.15, 0.2) is 90.3 Å². The van der Waals surface area contributed by atoms with E-state index in [1.807, 2.05) is 24.3 Å². The van der Waals surface area contributed by atoms with Gasteiger partial charge in [-0.2, -0.15) is 13.2 Å². The Morgan fingerprint density at radius 3 is 2.37 bits per heavy atom. The molecule has 0 aromatic heterocycles. The third-order valence-electron chi connectivity index (χ3n) is 8.26. The number of nitrogens with zero attached hydrogens (tertiary/aromatic N) is 2. The van der Waals surface area contributed by atoms with Gasteiger partial charge in [-0.15, -0.1) is 0 Å². The molecule has 230 valence electrons. The number of unbranched alkanes of at least 4 members (excludes halogenated alkanes) is 1. The number of allylic oxidation sites excluding steroid dienone is 1. The van der Waals surface area contributed by atoms with Gasteiger partial charge in [0.05, 0.1) is 17.3 Å². The van der Waals surface area contributed by atoms with Crippen LogP contribution in [-0.2, 0) is 19.3 Å². The summed E-state index contributed by atoms with van der Waals surface area (Å²) < 4.78 is 46.8. The van der Waals surface area contributed by atoms with E-state index in [2.05, 4.69) is 83.8 Å². The third-order valence-corrected chi connectivity index (χ3v) is 8.54. The van der Waals surface area contributed by atoms with Crippen LogP contribution in [0.1, 0.15) is 68.0 Å². The maximum atomic E-state index is 13.7. The van der Waals surface area contributed by atoms with Gasteiger partial charge in [0.2, 0.25) is 0 Å². The summed E-state index contributed by atoms with van der Waals surface area (Å²) in [5.74, 6) is 1.20. The van der Waals surface area contributed by atoms with Crippen LogP contribution >= 0.6 is 18.5 Å². The van der Waals surface area contributed by atoms with Crippen molar-refractivity contribution in [1.82, 2.24) is 15.1 Å². The van der Waals surface area contributed by atoms with E-state index < -0.39 is 11.7 Å². The SMILES string of the molecule is CCCCN1C2=C(CC(C)CC2N(Cc2ccc(OC(P)P)cc2)Cc2cccc(C(F)(F)F)c2)NC1c1ccccc1. The Balaban J connectivity index is 1.52. The minimum atomic E-state index is -4.38. The average molecular weight is 628 g/mol. The summed E-state index contributed by atoms with van der Waals surface area (Å²) in [6.07, 6.45) is -0.292. The van der Waals surface area contributed by atoms with E-state index in [0.717, 1.165) is 49.6 Å². The molecule has 0 saturated carbocycles. The van der Waals surface area contributed by atoms with Gasteiger partial charge in [0.25, 0.3) is 0 Å². The van der Waals surface area contributed by atoms with E-state index in [9.17, 15) is 13.2 Å². The summed E-state index contributed by atoms with van der Waals surface area (Å²) in [5.41, 5.74) is 4.84. The summed E-state index contributed by atoms with van der Waals surface area (Å²) in [7, 11) is 5.20. The molecule has 0 bridgehead atoms. The maximum Gasteiger partial charge on any atom is 0.416 e. The number of ether oxygens (including phenoxy) is 1. The zero-order valence-electron chi connectivity index (χ0n) is 24.9. The second-order valence-electron chi connectivity index (χ2n) is 11.8. The molecule has 5 rings (SSSR count). The standard InChI is InChI=1S/C34H42F3N3OP2/c1-3-4-17-40-31-29(38-32(40)26-10-6-5-7-11-26)18-23(2)19-30(31)39(21-24-13-15-28(16-14-24)41-33(42)43)22-25-9-8-12-27(20-25)34(35,36)37/h5-16,20,23,30,32-33,38H,3-4,17-19,21-22,42-43H2,1-2H3. The topological polar surface area (TPSA) is 27.7 Å². The van der Waals surface area contributed by atoms with Crippen molar-refractivity contribution >= 4 is 18.5 Å². The highest BCUT2D eigenvalue weighted by Gasteiger charge is 2.42. The predicted octanol–water partition coefficient (Wildman–Crippen LogP) is 8.53. The smallest absolute Gasteiger partial charge is 0.416 e. The van der Waals surface area contributed by atoms with Crippen LogP contribution < -0.4 is 10.1 Å². The van der Waals surface area contributed by atoms with Crippen molar-refractivity contribution in [1.29, 1.82) is 0 Å². The summed E-state index contributed by atoms with van der Waals surface area (Å²) in [6, 6.07) is 24.4. The number of nitrogens with one attached hydrogen (secondary N) is 1. The quantitative estimate of drug-likeness (QED) is 0.216. The first-order chi connectivity index (χ1) is 20.6. The molecule has 0 fully saturated rings. The van der Waals surface area contributed by atoms with Crippen molar-refractivity contribution in [3.63, 3.8) is 0 Å². The minimum Gasteiger partial charge on any atom is -0.483 e. The molecule has 0 amide bonds. The van der Waals surface area contributed by atoms with Gasteiger partial charge in [-0.3, -0.25) is 4.90 Å². The molecule has 3 aromatic carbocycles. The van der Waals surface area contributed by atoms with Crippen molar-refractivity contribution in [3.8, 4) is 5.75 Å². The summed E-state index contributed by atoms with van der Waals surface area (Å²) >= 11 is 0. The molecule has 1 aliphatic carbocycles. The Kier molecular flexibility index (Phi) is 10.4. The van der Waals surface area contributed by atoms with Gasteiger partial charge in [0, 0.05) is 25.3 Å². The molecule has 5 atom stereocenters. The van der Waals surface area contributed by atoms with E-state index in [1.54, 1.807) is 0 Å². The molecule has 0 spiro atoms. The van der Waals surface area contributed by atoms with Gasteiger partial charge in [-0.1, -0.05) is 99.4 Å². The van der Waals surface area contributed by atoms with Crippen molar-refractivity contribution in [2.75, 3.05) is 6.54 Å². The molecule has 3 aromatic rings. The number of hydrogen-bond donors (Lipinski definition) is 1. The Morgan fingerprint density at radius 2 is 1.70 bits per heavy atom. The maximum absolute atomic E-state index is 13.7. The van der Waals surface area contributed by atoms with E-state index in [4.69, 9.17) is 4.74 Å². The molecule has 1 heterocycles. The van der Waals surface area contributed by atoms with E-state index in [0.29, 0.717) is 24.6 Å². The Morgan fingerprint density at radius 1 is 0.977 bits per heavy atom. The summed E-state index contributed by atoms with van der Waals surface area (Å²) in [6.45, 7) is 6.42. The molecule has 1 N–H and O–H groups in total. The van der Waals surface area contributed by atoms with Gasteiger partial charge >= 0.3 is 6.18 Å². The zero-order valence-corrected chi connectivity index (χ0v) is 27.2. The molecule has 0 saturated heterocycles. The molecule has 43 heavy (non-hydrogen) atoms. The lowest BCUT2D eigenvalue weighted by atomic mass is 9.86. The van der Waals surface area contributed by atoms with E-state index in [1.165, 1.54) is 29.1 Å². The first-order valence-corrected chi connectivity index (χ1v) is 16.4. The van der Waals surface area contributed by atoms with Gasteiger partial charge in [-0.05, 0) is 60.1 Å². The second-order valence-corrected chi connectivity index (χ2v) is 13.8. The lowest BCUT2D eigenvalue weighted by Crippen LogP contribution is -2.43. The predicted molar refractivity (Wildman–Crippen MR) is 174 cm³/mol. The van der Waals surface area contributed by atoms with Gasteiger partial charge in [-0.25, -0.2) is 0 Å². The van der Waals surface area contributed by atoms with Crippen molar-refractivity contribution in [2.24, 2.45) is 5.92 Å². The van der Waals surface area contributed by atoms with Gasteiger partial charge < -0.3 is 15.0 Å². The van der Waals surface area contributed by atoms with Gasteiger partial charge in [0.1, 0.15) is 17.5 Å². The monoisotopic (exact) mass is 627 g/mol. The Hall–Kier alpha value is -2.59. The fourth-order valence-corrected chi connectivity index (χ4v) is 6.64. The molecule has 1 aliphatic heterocycles. The number of rotatable bonds is 11. The van der Waals surface area contributed by atoms with Crippen molar-refractivity contribution in [2.45, 2.75) is 76.6 Å². The number of hydrogen-bond acceptors (Lipinski definition) is 4. The lowest BCUT2D eigenvalue weighted by molar-refractivity contribution is -0.137. The second kappa shape index (κ2) is 14.0. The van der Waals surface area contributed by atoms with Gasteiger partial charge in [0.15, 0.2) is 0 Å². The summed E-state index contributed by atoms with van der Waals surface area (Å²) in [4.78, 5) is 4.90. The van der Waals surface area contributed by atoms with Crippen LogP contribution in [-0.4, -0.2) is 28.0 Å². The fraction of sp³-hybridized carbons (Fsp3) is 0.412. The largest absolute Gasteiger partial charge is 0.483 e. The molecule has 4 nitrogen and oxygen atoms in total. The Labute approximate surface area is 258 Å². The summed E-state index contributed by atoms with van der Waals surface area (Å²) in [5, 5.41) is 3.88. The van der Waals surface area contributed by atoms with Crippen LogP contribution in [0.5, 0.6) is 5.75 Å². The van der Waals surface area contributed by atoms with Crippen LogP contribution in [0.25, 0.3) is 0 Å². The Bertz CT molecular complexity index is 1380. The molecule has 0 radical (unpaired) electrons. The minimum absolute atomic E-state index is 0.0455. The molecule has 5 unspecified atom stereocenters. The fourth-order valence-electron chi connectivity index (χ4n) is 6.33. The highest BCUT2D eigenvalue weighted by molar-refractivity contribution is 7.37. The number of alkyl halides is 3. The molecular weight excluding hydrogens is 585 g/mol. The first-order valence-electron chi connectivity index (χ1n) is 15.1. The van der Waals surface area contributed by atoms with Crippen molar-refractivity contribution < 1.29 is 17.9 Å². The van der Waals surface area contributed by atoms with Crippen LogP contribution in [0.3, 0.4) is 0 Å². The zero-order chi connectivity index (χ0) is 30.6. The highest BCUT2D eigenvalue weighted by Crippen LogP contribution is 2.43. The van der Waals surface area contributed by atoms with Crippen molar-refractivity contribution in [3.05, 3.63) is 113 Å². The van der Waals surface area contributed by atoms with E-state index in [-0.39, 0.29) is 17.8 Å². The highest BCUT2D eigenvalue weighted by atomic mass is 31.1. The molecule has 9 heteroatoms. The normalized spacial score (nSPS) is 20.5. The molecule has 2 aliphatic rings. The number of halogens is 3. The van der Waals surface area contributed by atoms with E-state index >= 15 is 0 Å². The van der Waals surface area contributed by atoms with Crippen LogP contribution in [0.4, 0.5) is 13.2 Å². The van der Waals surface area contributed by atoms with Crippen LogP contribution in [0, 0.1) is 5.92 Å². The number of benzene rings is 3. The third kappa shape index (κ3) is 7.93.